The maximum Gasteiger partial charge on any atom is 0.249 e. The van der Waals surface area contributed by atoms with Gasteiger partial charge in [-0.3, -0.25) is 4.79 Å². The lowest BCUT2D eigenvalue weighted by molar-refractivity contribution is 0.100. The molecule has 2 aromatic carbocycles. The Bertz CT molecular complexity index is 634. The number of fused-ring (bicyclic) bond motifs is 3. The van der Waals surface area contributed by atoms with E-state index in [2.05, 4.69) is 0 Å². The molecule has 0 aliphatic heterocycles. The second kappa shape index (κ2) is 3.42. The highest BCUT2D eigenvalue weighted by Gasteiger charge is 2.23. The molecule has 17 heavy (non-hydrogen) atoms. The van der Waals surface area contributed by atoms with E-state index in [9.17, 15) is 9.18 Å². The number of rotatable bonds is 1. The van der Waals surface area contributed by atoms with Crippen LogP contribution in [0.15, 0.2) is 36.4 Å². The van der Waals surface area contributed by atoms with Crippen molar-refractivity contribution in [3.05, 3.63) is 58.9 Å². The monoisotopic (exact) mass is 227 g/mol. The van der Waals surface area contributed by atoms with E-state index in [0.717, 1.165) is 22.3 Å². The first-order valence-corrected chi connectivity index (χ1v) is 5.37. The van der Waals surface area contributed by atoms with E-state index in [-0.39, 0.29) is 5.82 Å². The Kier molecular flexibility index (Phi) is 2.01. The van der Waals surface area contributed by atoms with Crippen LogP contribution in [-0.4, -0.2) is 5.91 Å². The third-order valence-corrected chi connectivity index (χ3v) is 3.13. The molecule has 3 heteroatoms. The molecule has 84 valence electrons. The van der Waals surface area contributed by atoms with Crippen LogP contribution >= 0.6 is 0 Å². The number of hydrogen-bond donors (Lipinski definition) is 1. The van der Waals surface area contributed by atoms with E-state index in [1.54, 1.807) is 18.2 Å². The topological polar surface area (TPSA) is 43.1 Å². The molecule has 3 rings (SSSR count). The standard InChI is InChI=1S/C14H10FNO/c15-10-4-5-11-9(7-10)6-8-2-1-3-12(13(8)11)14(16)17/h1-5,7H,6H2,(H2,16,17). The summed E-state index contributed by atoms with van der Waals surface area (Å²) in [6.45, 7) is 0. The van der Waals surface area contributed by atoms with Crippen molar-refractivity contribution < 1.29 is 9.18 Å². The van der Waals surface area contributed by atoms with Crippen LogP contribution in [0.5, 0.6) is 0 Å². The molecule has 0 spiro atoms. The summed E-state index contributed by atoms with van der Waals surface area (Å²) >= 11 is 0. The van der Waals surface area contributed by atoms with Crippen molar-refractivity contribution in [3.8, 4) is 11.1 Å². The second-order valence-corrected chi connectivity index (χ2v) is 4.18. The smallest absolute Gasteiger partial charge is 0.249 e. The molecule has 0 fully saturated rings. The van der Waals surface area contributed by atoms with Gasteiger partial charge in [0.25, 0.3) is 0 Å². The molecule has 1 amide bonds. The van der Waals surface area contributed by atoms with Gasteiger partial charge in [-0.25, -0.2) is 4.39 Å². The van der Waals surface area contributed by atoms with Crippen LogP contribution < -0.4 is 5.73 Å². The highest BCUT2D eigenvalue weighted by Crippen LogP contribution is 2.38. The normalized spacial score (nSPS) is 12.1. The first kappa shape index (κ1) is 10.0. The van der Waals surface area contributed by atoms with Crippen LogP contribution in [0.2, 0.25) is 0 Å². The van der Waals surface area contributed by atoms with Crippen molar-refractivity contribution in [1.29, 1.82) is 0 Å². The van der Waals surface area contributed by atoms with Gasteiger partial charge in [-0.05, 0) is 46.9 Å². The number of halogens is 1. The van der Waals surface area contributed by atoms with Crippen LogP contribution in [0.1, 0.15) is 21.5 Å². The Morgan fingerprint density at radius 1 is 1.18 bits per heavy atom. The van der Waals surface area contributed by atoms with E-state index in [1.165, 1.54) is 12.1 Å². The average molecular weight is 227 g/mol. The summed E-state index contributed by atoms with van der Waals surface area (Å²) in [6.07, 6.45) is 0.656. The van der Waals surface area contributed by atoms with Gasteiger partial charge in [0.2, 0.25) is 5.91 Å². The summed E-state index contributed by atoms with van der Waals surface area (Å²) in [4.78, 5) is 11.4. The van der Waals surface area contributed by atoms with Gasteiger partial charge in [0.05, 0.1) is 0 Å². The van der Waals surface area contributed by atoms with Gasteiger partial charge in [0.15, 0.2) is 0 Å². The molecule has 0 heterocycles. The van der Waals surface area contributed by atoms with Gasteiger partial charge in [-0.15, -0.1) is 0 Å². The summed E-state index contributed by atoms with van der Waals surface area (Å²) in [5.74, 6) is -0.698. The van der Waals surface area contributed by atoms with E-state index in [4.69, 9.17) is 5.73 Å². The van der Waals surface area contributed by atoms with Gasteiger partial charge in [-0.1, -0.05) is 18.2 Å². The molecule has 2 nitrogen and oxygen atoms in total. The van der Waals surface area contributed by atoms with Crippen LogP contribution in [0, 0.1) is 5.82 Å². The van der Waals surface area contributed by atoms with Crippen molar-refractivity contribution in [1.82, 2.24) is 0 Å². The zero-order valence-corrected chi connectivity index (χ0v) is 9.03. The zero-order valence-electron chi connectivity index (χ0n) is 9.03. The number of hydrogen-bond acceptors (Lipinski definition) is 1. The number of primary amides is 1. The number of benzene rings is 2. The minimum Gasteiger partial charge on any atom is -0.366 e. The molecular weight excluding hydrogens is 217 g/mol. The van der Waals surface area contributed by atoms with E-state index < -0.39 is 5.91 Å². The Hall–Kier alpha value is -2.16. The molecule has 1 aliphatic rings. The Morgan fingerprint density at radius 2 is 2.00 bits per heavy atom. The Balaban J connectivity index is 2.30. The summed E-state index contributed by atoms with van der Waals surface area (Å²) in [7, 11) is 0. The lowest BCUT2D eigenvalue weighted by atomic mass is 9.99. The van der Waals surface area contributed by atoms with Crippen molar-refractivity contribution >= 4 is 5.91 Å². The van der Waals surface area contributed by atoms with Crippen molar-refractivity contribution in [3.63, 3.8) is 0 Å². The molecule has 2 N–H and O–H groups in total. The number of amides is 1. The van der Waals surface area contributed by atoms with Crippen LogP contribution in [-0.2, 0) is 6.42 Å². The lowest BCUT2D eigenvalue weighted by Gasteiger charge is -2.05. The largest absolute Gasteiger partial charge is 0.366 e. The predicted octanol–water partition coefficient (Wildman–Crippen LogP) is 2.50. The summed E-state index contributed by atoms with van der Waals surface area (Å²) in [5, 5.41) is 0. The summed E-state index contributed by atoms with van der Waals surface area (Å²) < 4.78 is 13.2. The van der Waals surface area contributed by atoms with Gasteiger partial charge in [0, 0.05) is 5.56 Å². The van der Waals surface area contributed by atoms with Gasteiger partial charge in [0.1, 0.15) is 5.82 Å². The van der Waals surface area contributed by atoms with Crippen molar-refractivity contribution in [2.24, 2.45) is 5.73 Å². The van der Waals surface area contributed by atoms with Crippen LogP contribution in [0.3, 0.4) is 0 Å². The minimum atomic E-state index is -0.445. The van der Waals surface area contributed by atoms with Gasteiger partial charge in [-0.2, -0.15) is 0 Å². The second-order valence-electron chi connectivity index (χ2n) is 4.18. The zero-order chi connectivity index (χ0) is 12.0. The molecule has 0 radical (unpaired) electrons. The summed E-state index contributed by atoms with van der Waals surface area (Å²) in [6, 6.07) is 10.1. The van der Waals surface area contributed by atoms with E-state index in [1.807, 2.05) is 6.07 Å². The Morgan fingerprint density at radius 3 is 2.76 bits per heavy atom. The summed E-state index contributed by atoms with van der Waals surface area (Å²) in [5.41, 5.74) is 9.58. The lowest BCUT2D eigenvalue weighted by Crippen LogP contribution is -2.12. The van der Waals surface area contributed by atoms with Crippen LogP contribution in [0.4, 0.5) is 4.39 Å². The molecular formula is C14H10FNO. The third-order valence-electron chi connectivity index (χ3n) is 3.13. The molecule has 0 saturated heterocycles. The fourth-order valence-electron chi connectivity index (χ4n) is 2.43. The SMILES string of the molecule is NC(=O)c1cccc2c1-c1ccc(F)cc1C2. The predicted molar refractivity (Wildman–Crippen MR) is 63.2 cm³/mol. The van der Waals surface area contributed by atoms with E-state index >= 15 is 0 Å². The molecule has 0 atom stereocenters. The maximum atomic E-state index is 13.2. The average Bonchev–Trinajstić information content (AvgIpc) is 2.65. The molecule has 0 saturated carbocycles. The molecule has 2 aromatic rings. The van der Waals surface area contributed by atoms with E-state index in [0.29, 0.717) is 12.0 Å². The number of carbonyl (C=O) groups excluding carboxylic acids is 1. The first-order chi connectivity index (χ1) is 8.16. The third kappa shape index (κ3) is 1.43. The van der Waals surface area contributed by atoms with Gasteiger partial charge >= 0.3 is 0 Å². The quantitative estimate of drug-likeness (QED) is 0.682. The minimum absolute atomic E-state index is 0.253. The molecule has 0 bridgehead atoms. The van der Waals surface area contributed by atoms with Crippen LogP contribution in [0.25, 0.3) is 11.1 Å². The Labute approximate surface area is 97.9 Å². The number of carbonyl (C=O) groups is 1. The first-order valence-electron chi connectivity index (χ1n) is 5.37. The van der Waals surface area contributed by atoms with Gasteiger partial charge < -0.3 is 5.73 Å². The van der Waals surface area contributed by atoms with Crippen molar-refractivity contribution in [2.75, 3.05) is 0 Å². The molecule has 0 aromatic heterocycles. The maximum absolute atomic E-state index is 13.2. The fraction of sp³-hybridized carbons (Fsp3) is 0.0714. The highest BCUT2D eigenvalue weighted by atomic mass is 19.1. The highest BCUT2D eigenvalue weighted by molar-refractivity contribution is 6.02. The number of nitrogens with two attached hydrogens (primary N) is 1. The van der Waals surface area contributed by atoms with Crippen molar-refractivity contribution in [2.45, 2.75) is 6.42 Å². The molecule has 1 aliphatic carbocycles. The molecule has 0 unspecified atom stereocenters. The fourth-order valence-corrected chi connectivity index (χ4v) is 2.43.